The number of amides is 2. The van der Waals surface area contributed by atoms with E-state index in [-0.39, 0.29) is 18.4 Å². The minimum atomic E-state index is -0.347. The van der Waals surface area contributed by atoms with E-state index in [0.717, 1.165) is 11.3 Å². The fraction of sp³-hybridized carbons (Fsp3) is 0.0476. The zero-order chi connectivity index (χ0) is 20.9. The van der Waals surface area contributed by atoms with Crippen LogP contribution in [0.4, 0.5) is 5.13 Å². The molecule has 2 aromatic carbocycles. The minimum Gasteiger partial charge on any atom is -0.457 e. The van der Waals surface area contributed by atoms with Crippen molar-refractivity contribution < 1.29 is 14.3 Å². The lowest BCUT2D eigenvalue weighted by atomic mass is 10.2. The first-order valence-corrected chi connectivity index (χ1v) is 11.0. The van der Waals surface area contributed by atoms with Gasteiger partial charge in [0.25, 0.3) is 5.91 Å². The number of anilines is 1. The molecule has 0 radical (unpaired) electrons. The molecule has 150 valence electrons. The van der Waals surface area contributed by atoms with Gasteiger partial charge in [0.05, 0.1) is 4.91 Å². The summed E-state index contributed by atoms with van der Waals surface area (Å²) in [6.45, 7) is -0.154. The summed E-state index contributed by atoms with van der Waals surface area (Å²) in [5.41, 5.74) is 0.802. The van der Waals surface area contributed by atoms with Crippen LogP contribution in [0.3, 0.4) is 0 Å². The van der Waals surface area contributed by atoms with Crippen LogP contribution in [0.25, 0.3) is 6.08 Å². The molecule has 1 N–H and O–H groups in total. The first-order valence-electron chi connectivity index (χ1n) is 8.86. The number of hydrogen-bond donors (Lipinski definition) is 1. The second-order valence-electron chi connectivity index (χ2n) is 6.14. The number of ether oxygens (including phenoxy) is 1. The van der Waals surface area contributed by atoms with Crippen LogP contribution in [-0.2, 0) is 9.59 Å². The summed E-state index contributed by atoms with van der Waals surface area (Å²) in [6, 6.07) is 16.9. The number of benzene rings is 2. The Morgan fingerprint density at radius 3 is 2.73 bits per heavy atom. The molecule has 2 amide bonds. The highest BCUT2D eigenvalue weighted by molar-refractivity contribution is 8.26. The molecule has 6 nitrogen and oxygen atoms in total. The van der Waals surface area contributed by atoms with Gasteiger partial charge in [-0.15, -0.1) is 11.3 Å². The van der Waals surface area contributed by atoms with Gasteiger partial charge in [-0.05, 0) is 35.9 Å². The highest BCUT2D eigenvalue weighted by Gasteiger charge is 2.33. The summed E-state index contributed by atoms with van der Waals surface area (Å²) in [4.78, 5) is 30.7. The molecule has 9 heteroatoms. The normalized spacial score (nSPS) is 14.9. The summed E-state index contributed by atoms with van der Waals surface area (Å²) in [6.07, 6.45) is 3.34. The zero-order valence-electron chi connectivity index (χ0n) is 15.5. The van der Waals surface area contributed by atoms with Crippen LogP contribution < -0.4 is 10.1 Å². The molecule has 0 saturated carbocycles. The summed E-state index contributed by atoms with van der Waals surface area (Å²) in [5, 5.41) is 4.89. The molecule has 0 aliphatic carbocycles. The molecule has 3 aromatic rings. The van der Waals surface area contributed by atoms with Gasteiger partial charge in [-0.1, -0.05) is 54.3 Å². The molecule has 1 saturated heterocycles. The first-order chi connectivity index (χ1) is 14.6. The molecule has 0 unspecified atom stereocenters. The average Bonchev–Trinajstić information content (AvgIpc) is 3.33. The predicted octanol–water partition coefficient (Wildman–Crippen LogP) is 4.78. The van der Waals surface area contributed by atoms with Gasteiger partial charge in [0.2, 0.25) is 5.91 Å². The van der Waals surface area contributed by atoms with E-state index in [9.17, 15) is 9.59 Å². The molecule has 4 rings (SSSR count). The van der Waals surface area contributed by atoms with Gasteiger partial charge in [-0.2, -0.15) is 0 Å². The van der Waals surface area contributed by atoms with Crippen LogP contribution in [-0.4, -0.2) is 32.6 Å². The van der Waals surface area contributed by atoms with Gasteiger partial charge in [0.15, 0.2) is 5.13 Å². The van der Waals surface area contributed by atoms with E-state index < -0.39 is 0 Å². The fourth-order valence-electron chi connectivity index (χ4n) is 2.67. The number of carbonyl (C=O) groups is 2. The highest BCUT2D eigenvalue weighted by Crippen LogP contribution is 2.33. The van der Waals surface area contributed by atoms with E-state index in [0.29, 0.717) is 20.1 Å². The van der Waals surface area contributed by atoms with E-state index in [1.165, 1.54) is 28.0 Å². The third-order valence-electron chi connectivity index (χ3n) is 3.99. The monoisotopic (exact) mass is 453 g/mol. The van der Waals surface area contributed by atoms with Gasteiger partial charge >= 0.3 is 0 Å². The number of thioether (sulfide) groups is 1. The molecule has 1 aromatic heterocycles. The Morgan fingerprint density at radius 1 is 1.17 bits per heavy atom. The van der Waals surface area contributed by atoms with Crippen molar-refractivity contribution in [2.75, 3.05) is 11.9 Å². The number of nitrogens with zero attached hydrogens (tertiary/aromatic N) is 2. The molecule has 0 bridgehead atoms. The van der Waals surface area contributed by atoms with Crippen LogP contribution in [0, 0.1) is 0 Å². The molecule has 1 aliphatic rings. The van der Waals surface area contributed by atoms with Crippen LogP contribution in [0.1, 0.15) is 5.56 Å². The van der Waals surface area contributed by atoms with Gasteiger partial charge in [0, 0.05) is 11.6 Å². The van der Waals surface area contributed by atoms with Crippen molar-refractivity contribution in [3.05, 3.63) is 76.6 Å². The first kappa shape index (κ1) is 20.3. The van der Waals surface area contributed by atoms with Crippen molar-refractivity contribution in [3.63, 3.8) is 0 Å². The maximum absolute atomic E-state index is 12.8. The molecule has 1 aliphatic heterocycles. The molecular weight excluding hydrogens is 438 g/mol. The lowest BCUT2D eigenvalue weighted by Gasteiger charge is -2.13. The lowest BCUT2D eigenvalue weighted by Crippen LogP contribution is -2.36. The highest BCUT2D eigenvalue weighted by atomic mass is 32.2. The average molecular weight is 454 g/mol. The third-order valence-corrected chi connectivity index (χ3v) is 6.06. The molecule has 1 fully saturated rings. The van der Waals surface area contributed by atoms with E-state index in [4.69, 9.17) is 17.0 Å². The van der Waals surface area contributed by atoms with Gasteiger partial charge < -0.3 is 10.1 Å². The van der Waals surface area contributed by atoms with Crippen molar-refractivity contribution in [3.8, 4) is 11.5 Å². The molecule has 0 atom stereocenters. The number of nitrogens with one attached hydrogen (secondary N) is 1. The Labute approximate surface area is 186 Å². The van der Waals surface area contributed by atoms with E-state index >= 15 is 0 Å². The summed E-state index contributed by atoms with van der Waals surface area (Å²) < 4.78 is 6.18. The number of carbonyl (C=O) groups excluding carboxylic acids is 2. The lowest BCUT2D eigenvalue weighted by molar-refractivity contribution is -0.126. The molecule has 30 heavy (non-hydrogen) atoms. The van der Waals surface area contributed by atoms with Crippen LogP contribution in [0.2, 0.25) is 0 Å². The van der Waals surface area contributed by atoms with Gasteiger partial charge in [-0.25, -0.2) is 4.98 Å². The van der Waals surface area contributed by atoms with Crippen LogP contribution >= 0.6 is 35.3 Å². The van der Waals surface area contributed by atoms with E-state index in [1.807, 2.05) is 54.6 Å². The van der Waals surface area contributed by atoms with E-state index in [2.05, 4.69) is 10.3 Å². The maximum atomic E-state index is 12.8. The smallest absolute Gasteiger partial charge is 0.266 e. The second kappa shape index (κ2) is 9.21. The van der Waals surface area contributed by atoms with Crippen molar-refractivity contribution in [2.24, 2.45) is 0 Å². The van der Waals surface area contributed by atoms with Crippen LogP contribution in [0.15, 0.2) is 71.1 Å². The number of rotatable bonds is 6. The van der Waals surface area contributed by atoms with Crippen molar-refractivity contribution >= 4 is 62.7 Å². The zero-order valence-corrected chi connectivity index (χ0v) is 17.9. The standard InChI is InChI=1S/C21H15N3O3S3/c25-18(23-20-22-9-10-29-20)13-24-19(26)17(30-21(24)28)12-14-5-4-8-16(11-14)27-15-6-2-1-3-7-15/h1-12H,13H2,(H,22,23,25)/b17-12-. The number of hydrogen-bond acceptors (Lipinski definition) is 7. The topological polar surface area (TPSA) is 71.5 Å². The second-order valence-corrected chi connectivity index (χ2v) is 8.71. The van der Waals surface area contributed by atoms with Gasteiger partial charge in [-0.3, -0.25) is 14.5 Å². The summed E-state index contributed by atoms with van der Waals surface area (Å²) in [7, 11) is 0. The fourth-order valence-corrected chi connectivity index (χ4v) is 4.47. The summed E-state index contributed by atoms with van der Waals surface area (Å²) >= 11 is 7.78. The molecular formula is C21H15N3O3S3. The Kier molecular flexibility index (Phi) is 6.22. The predicted molar refractivity (Wildman–Crippen MR) is 124 cm³/mol. The quantitative estimate of drug-likeness (QED) is 0.428. The Hall–Kier alpha value is -3.01. The Bertz CT molecular complexity index is 1110. The SMILES string of the molecule is O=C(CN1C(=O)/C(=C/c2cccc(Oc3ccccc3)c2)SC1=S)Nc1nccs1. The van der Waals surface area contributed by atoms with Gasteiger partial charge in [0.1, 0.15) is 22.4 Å². The number of thiocarbonyl (C=S) groups is 1. The number of thiazole rings is 1. The molecule has 0 spiro atoms. The molecule has 2 heterocycles. The van der Waals surface area contributed by atoms with Crippen molar-refractivity contribution in [2.45, 2.75) is 0 Å². The van der Waals surface area contributed by atoms with Crippen LogP contribution in [0.5, 0.6) is 11.5 Å². The summed E-state index contributed by atoms with van der Waals surface area (Å²) in [5.74, 6) is 0.745. The number of aromatic nitrogens is 1. The Balaban J connectivity index is 1.45. The van der Waals surface area contributed by atoms with Crippen molar-refractivity contribution in [1.82, 2.24) is 9.88 Å². The van der Waals surface area contributed by atoms with Crippen molar-refractivity contribution in [1.29, 1.82) is 0 Å². The minimum absolute atomic E-state index is 0.154. The van der Waals surface area contributed by atoms with E-state index in [1.54, 1.807) is 17.7 Å². The number of para-hydroxylation sites is 1. The maximum Gasteiger partial charge on any atom is 0.266 e. The largest absolute Gasteiger partial charge is 0.457 e. The Morgan fingerprint density at radius 2 is 1.97 bits per heavy atom. The third kappa shape index (κ3) is 4.93.